The lowest BCUT2D eigenvalue weighted by Gasteiger charge is -2.12. The smallest absolute Gasteiger partial charge is 0.226 e. The molecule has 5 nitrogen and oxygen atoms in total. The molecule has 0 fully saturated rings. The van der Waals surface area contributed by atoms with Crippen LogP contribution in [0.25, 0.3) is 0 Å². The Bertz CT molecular complexity index is 544. The van der Waals surface area contributed by atoms with Crippen molar-refractivity contribution < 1.29 is 9.59 Å². The monoisotopic (exact) mass is 321 g/mol. The minimum absolute atomic E-state index is 0.0485. The minimum Gasteiger partial charge on any atom is -0.332 e. The molecule has 3 N–H and O–H groups in total. The lowest BCUT2D eigenvalue weighted by Crippen LogP contribution is -2.33. The molecule has 0 saturated heterocycles. The Morgan fingerprint density at radius 3 is 2.41 bits per heavy atom. The zero-order chi connectivity index (χ0) is 16.5. The van der Waals surface area contributed by atoms with E-state index in [2.05, 4.69) is 16.0 Å². The zero-order valence-electron chi connectivity index (χ0n) is 13.2. The summed E-state index contributed by atoms with van der Waals surface area (Å²) in [6.07, 6.45) is 2.26. The molecule has 0 aliphatic heterocycles. The van der Waals surface area contributed by atoms with Gasteiger partial charge in [0.05, 0.1) is 0 Å². The van der Waals surface area contributed by atoms with Crippen LogP contribution in [0.3, 0.4) is 0 Å². The summed E-state index contributed by atoms with van der Waals surface area (Å²) >= 11 is 5.10. The minimum atomic E-state index is -0.0939. The molecule has 0 bridgehead atoms. The molecular weight excluding hydrogens is 298 g/mol. The van der Waals surface area contributed by atoms with Crippen LogP contribution in [0.15, 0.2) is 24.3 Å². The van der Waals surface area contributed by atoms with Gasteiger partial charge >= 0.3 is 0 Å². The Kier molecular flexibility index (Phi) is 7.52. The lowest BCUT2D eigenvalue weighted by atomic mass is 10.2. The van der Waals surface area contributed by atoms with Crippen LogP contribution in [0, 0.1) is 5.92 Å². The van der Waals surface area contributed by atoms with Gasteiger partial charge in [-0.1, -0.05) is 33.3 Å². The summed E-state index contributed by atoms with van der Waals surface area (Å²) < 4.78 is 0. The van der Waals surface area contributed by atoms with Crippen LogP contribution in [0.1, 0.15) is 40.0 Å². The highest BCUT2D eigenvalue weighted by atomic mass is 32.1. The quantitative estimate of drug-likeness (QED) is 0.703. The van der Waals surface area contributed by atoms with Crippen LogP contribution in [-0.4, -0.2) is 16.9 Å². The molecule has 0 unspecified atom stereocenters. The van der Waals surface area contributed by atoms with Gasteiger partial charge in [0.1, 0.15) is 0 Å². The van der Waals surface area contributed by atoms with Gasteiger partial charge in [0, 0.05) is 23.7 Å². The molecular formula is C16H23N3O2S. The predicted octanol–water partition coefficient (Wildman–Crippen LogP) is 3.28. The number of carbonyl (C=O) groups is 2. The molecule has 22 heavy (non-hydrogen) atoms. The molecule has 2 amide bonds. The van der Waals surface area contributed by atoms with E-state index >= 15 is 0 Å². The van der Waals surface area contributed by atoms with Crippen LogP contribution >= 0.6 is 12.2 Å². The highest BCUT2D eigenvalue weighted by Gasteiger charge is 2.08. The van der Waals surface area contributed by atoms with Gasteiger partial charge in [-0.25, -0.2) is 0 Å². The van der Waals surface area contributed by atoms with Crippen molar-refractivity contribution in [3.8, 4) is 0 Å². The first kappa shape index (κ1) is 18.1. The number of hydrogen-bond donors (Lipinski definition) is 3. The summed E-state index contributed by atoms with van der Waals surface area (Å²) in [5.41, 5.74) is 1.39. The summed E-state index contributed by atoms with van der Waals surface area (Å²) in [5, 5.41) is 8.65. The van der Waals surface area contributed by atoms with Gasteiger partial charge < -0.3 is 16.0 Å². The number of hydrogen-bond acceptors (Lipinski definition) is 3. The van der Waals surface area contributed by atoms with Crippen LogP contribution in [-0.2, 0) is 9.59 Å². The summed E-state index contributed by atoms with van der Waals surface area (Å²) in [6.45, 7) is 5.69. The summed E-state index contributed by atoms with van der Waals surface area (Å²) in [7, 11) is 0. The molecule has 0 aromatic heterocycles. The van der Waals surface area contributed by atoms with Crippen LogP contribution < -0.4 is 16.0 Å². The standard InChI is InChI=1S/C16H23N3O2S/c1-4-5-9-14(20)19-16(22)18-13-8-6-7-12(10-13)17-15(21)11(2)3/h6-8,10-11H,4-5,9H2,1-3H3,(H,17,21)(H2,18,19,20,22). The lowest BCUT2D eigenvalue weighted by molar-refractivity contribution is -0.120. The number of benzene rings is 1. The van der Waals surface area contributed by atoms with Gasteiger partial charge in [-0.3, -0.25) is 9.59 Å². The van der Waals surface area contributed by atoms with E-state index in [1.54, 1.807) is 18.2 Å². The second-order valence-corrected chi connectivity index (χ2v) is 5.74. The SMILES string of the molecule is CCCCC(=O)NC(=S)Nc1cccc(NC(=O)C(C)C)c1. The van der Waals surface area contributed by atoms with Crippen molar-refractivity contribution in [1.82, 2.24) is 5.32 Å². The topological polar surface area (TPSA) is 70.2 Å². The van der Waals surface area contributed by atoms with Crippen molar-refractivity contribution in [2.75, 3.05) is 10.6 Å². The van der Waals surface area contributed by atoms with Crippen molar-refractivity contribution in [1.29, 1.82) is 0 Å². The summed E-state index contributed by atoms with van der Waals surface area (Å²) in [5.74, 6) is -0.230. The maximum absolute atomic E-state index is 11.7. The van der Waals surface area contributed by atoms with Crippen molar-refractivity contribution in [2.45, 2.75) is 40.0 Å². The van der Waals surface area contributed by atoms with Crippen LogP contribution in [0.2, 0.25) is 0 Å². The Labute approximate surface area is 136 Å². The molecule has 6 heteroatoms. The maximum atomic E-state index is 11.7. The van der Waals surface area contributed by atoms with Gasteiger partial charge in [-0.2, -0.15) is 0 Å². The van der Waals surface area contributed by atoms with Gasteiger partial charge in [0.15, 0.2) is 5.11 Å². The van der Waals surface area contributed by atoms with E-state index in [-0.39, 0.29) is 22.8 Å². The number of carbonyl (C=O) groups excluding carboxylic acids is 2. The molecule has 0 aliphatic rings. The van der Waals surface area contributed by atoms with Crippen molar-refractivity contribution in [3.63, 3.8) is 0 Å². The summed E-state index contributed by atoms with van der Waals surface area (Å²) in [6, 6.07) is 7.19. The number of rotatable bonds is 6. The first-order valence-corrected chi connectivity index (χ1v) is 7.85. The normalized spacial score (nSPS) is 10.2. The third-order valence-electron chi connectivity index (χ3n) is 2.92. The molecule has 0 saturated carbocycles. The molecule has 0 atom stereocenters. The number of nitrogens with one attached hydrogen (secondary N) is 3. The van der Waals surface area contributed by atoms with E-state index in [1.165, 1.54) is 0 Å². The molecule has 1 aromatic carbocycles. The molecule has 0 radical (unpaired) electrons. The fourth-order valence-electron chi connectivity index (χ4n) is 1.65. The van der Waals surface area contributed by atoms with Gasteiger partial charge in [-0.15, -0.1) is 0 Å². The van der Waals surface area contributed by atoms with E-state index in [9.17, 15) is 9.59 Å². The first-order chi connectivity index (χ1) is 10.4. The van der Waals surface area contributed by atoms with Crippen molar-refractivity contribution in [3.05, 3.63) is 24.3 Å². The second-order valence-electron chi connectivity index (χ2n) is 5.33. The molecule has 0 heterocycles. The molecule has 0 aliphatic carbocycles. The van der Waals surface area contributed by atoms with E-state index in [0.717, 1.165) is 12.8 Å². The Morgan fingerprint density at radius 2 is 1.82 bits per heavy atom. The predicted molar refractivity (Wildman–Crippen MR) is 93.8 cm³/mol. The Hall–Kier alpha value is -1.95. The number of amides is 2. The highest BCUT2D eigenvalue weighted by molar-refractivity contribution is 7.80. The second kappa shape index (κ2) is 9.15. The third kappa shape index (κ3) is 6.67. The van der Waals surface area contributed by atoms with E-state index in [4.69, 9.17) is 12.2 Å². The van der Waals surface area contributed by atoms with E-state index < -0.39 is 0 Å². The number of anilines is 2. The van der Waals surface area contributed by atoms with Crippen molar-refractivity contribution in [2.24, 2.45) is 5.92 Å². The van der Waals surface area contributed by atoms with Gasteiger partial charge in [0.2, 0.25) is 11.8 Å². The highest BCUT2D eigenvalue weighted by Crippen LogP contribution is 2.15. The summed E-state index contributed by atoms with van der Waals surface area (Å²) in [4.78, 5) is 23.3. The number of thiocarbonyl (C=S) groups is 1. The Morgan fingerprint density at radius 1 is 1.18 bits per heavy atom. The molecule has 1 rings (SSSR count). The van der Waals surface area contributed by atoms with Crippen molar-refractivity contribution >= 4 is 40.5 Å². The fraction of sp³-hybridized carbons (Fsp3) is 0.438. The first-order valence-electron chi connectivity index (χ1n) is 7.44. The third-order valence-corrected chi connectivity index (χ3v) is 3.13. The number of unbranched alkanes of at least 4 members (excludes halogenated alkanes) is 1. The fourth-order valence-corrected chi connectivity index (χ4v) is 1.88. The average molecular weight is 321 g/mol. The molecule has 120 valence electrons. The average Bonchev–Trinajstić information content (AvgIpc) is 2.45. The Balaban J connectivity index is 2.57. The molecule has 1 aromatic rings. The van der Waals surface area contributed by atoms with E-state index in [0.29, 0.717) is 17.8 Å². The van der Waals surface area contributed by atoms with Gasteiger partial charge in [-0.05, 0) is 36.8 Å². The molecule has 0 spiro atoms. The van der Waals surface area contributed by atoms with Crippen LogP contribution in [0.4, 0.5) is 11.4 Å². The van der Waals surface area contributed by atoms with Crippen LogP contribution in [0.5, 0.6) is 0 Å². The maximum Gasteiger partial charge on any atom is 0.226 e. The largest absolute Gasteiger partial charge is 0.332 e. The zero-order valence-corrected chi connectivity index (χ0v) is 14.0. The van der Waals surface area contributed by atoms with Gasteiger partial charge in [0.25, 0.3) is 0 Å². The van der Waals surface area contributed by atoms with E-state index in [1.807, 2.05) is 26.8 Å².